The van der Waals surface area contributed by atoms with Gasteiger partial charge in [0.25, 0.3) is 0 Å². The van der Waals surface area contributed by atoms with Gasteiger partial charge in [-0.05, 0) is 18.4 Å². The average Bonchev–Trinajstić information content (AvgIpc) is 2.83. The van der Waals surface area contributed by atoms with E-state index in [1.807, 2.05) is 41.8 Å². The van der Waals surface area contributed by atoms with Gasteiger partial charge >= 0.3 is 0 Å². The summed E-state index contributed by atoms with van der Waals surface area (Å²) in [5.41, 5.74) is 1.18. The molecule has 1 atom stereocenters. The van der Waals surface area contributed by atoms with Crippen LogP contribution in [0.3, 0.4) is 0 Å². The van der Waals surface area contributed by atoms with E-state index >= 15 is 0 Å². The Kier molecular flexibility index (Phi) is 5.74. The summed E-state index contributed by atoms with van der Waals surface area (Å²) in [5, 5.41) is 0. The van der Waals surface area contributed by atoms with Crippen LogP contribution in [-0.4, -0.2) is 65.3 Å². The Labute approximate surface area is 150 Å². The number of hydrogen-bond acceptors (Lipinski definition) is 3. The standard InChI is InChI=1S/C20H29N3O2/c1-16(2)19(24)22-11-6-10-21(13-14-22)18-9-12-23(20(18)25)15-17-7-4-3-5-8-17/h3-5,7-8,16,18H,6,9-15H2,1-2H3. The zero-order valence-corrected chi connectivity index (χ0v) is 15.4. The van der Waals surface area contributed by atoms with Crippen LogP contribution in [0.2, 0.25) is 0 Å². The highest BCUT2D eigenvalue weighted by atomic mass is 16.2. The summed E-state index contributed by atoms with van der Waals surface area (Å²) in [6.07, 6.45) is 1.84. The molecule has 5 nitrogen and oxygen atoms in total. The zero-order valence-electron chi connectivity index (χ0n) is 15.4. The Morgan fingerprint density at radius 3 is 2.56 bits per heavy atom. The van der Waals surface area contributed by atoms with Crippen LogP contribution in [0.1, 0.15) is 32.3 Å². The van der Waals surface area contributed by atoms with Gasteiger partial charge in [-0.2, -0.15) is 0 Å². The Morgan fingerprint density at radius 1 is 1.08 bits per heavy atom. The molecule has 0 bridgehead atoms. The van der Waals surface area contributed by atoms with Crippen LogP contribution in [0.15, 0.2) is 30.3 Å². The highest BCUT2D eigenvalue weighted by Crippen LogP contribution is 2.21. The van der Waals surface area contributed by atoms with E-state index < -0.39 is 0 Å². The van der Waals surface area contributed by atoms with Crippen LogP contribution in [0, 0.1) is 5.92 Å². The molecule has 0 spiro atoms. The van der Waals surface area contributed by atoms with Crippen molar-refractivity contribution in [1.82, 2.24) is 14.7 Å². The van der Waals surface area contributed by atoms with Crippen molar-refractivity contribution in [2.45, 2.75) is 39.3 Å². The molecule has 5 heteroatoms. The van der Waals surface area contributed by atoms with E-state index in [1.54, 1.807) is 0 Å². The van der Waals surface area contributed by atoms with E-state index in [4.69, 9.17) is 0 Å². The molecule has 25 heavy (non-hydrogen) atoms. The summed E-state index contributed by atoms with van der Waals surface area (Å²) in [4.78, 5) is 31.3. The maximum Gasteiger partial charge on any atom is 0.240 e. The van der Waals surface area contributed by atoms with E-state index in [2.05, 4.69) is 17.0 Å². The second-order valence-corrected chi connectivity index (χ2v) is 7.42. The third-order valence-corrected chi connectivity index (χ3v) is 5.26. The highest BCUT2D eigenvalue weighted by Gasteiger charge is 2.36. The number of rotatable bonds is 4. The zero-order chi connectivity index (χ0) is 17.8. The summed E-state index contributed by atoms with van der Waals surface area (Å²) in [6, 6.07) is 10.2. The van der Waals surface area contributed by atoms with Crippen LogP contribution >= 0.6 is 0 Å². The minimum Gasteiger partial charge on any atom is -0.341 e. The van der Waals surface area contributed by atoms with Crippen molar-refractivity contribution in [3.63, 3.8) is 0 Å². The number of benzene rings is 1. The Morgan fingerprint density at radius 2 is 1.84 bits per heavy atom. The van der Waals surface area contributed by atoms with Crippen LogP contribution in [0.25, 0.3) is 0 Å². The first-order valence-electron chi connectivity index (χ1n) is 9.42. The molecule has 2 heterocycles. The van der Waals surface area contributed by atoms with Crippen molar-refractivity contribution in [3.05, 3.63) is 35.9 Å². The third kappa shape index (κ3) is 4.21. The van der Waals surface area contributed by atoms with Gasteiger partial charge in [0.05, 0.1) is 6.04 Å². The van der Waals surface area contributed by atoms with Gasteiger partial charge in [0.15, 0.2) is 0 Å². The fourth-order valence-corrected chi connectivity index (χ4v) is 3.86. The van der Waals surface area contributed by atoms with Crippen LogP contribution in [0.4, 0.5) is 0 Å². The second kappa shape index (κ2) is 8.00. The molecule has 136 valence electrons. The molecule has 2 saturated heterocycles. The predicted molar refractivity (Wildman–Crippen MR) is 97.9 cm³/mol. The molecule has 1 aromatic carbocycles. The van der Waals surface area contributed by atoms with E-state index in [1.165, 1.54) is 5.56 Å². The van der Waals surface area contributed by atoms with Gasteiger partial charge in [0, 0.05) is 45.2 Å². The summed E-state index contributed by atoms with van der Waals surface area (Å²) in [7, 11) is 0. The van der Waals surface area contributed by atoms with Crippen molar-refractivity contribution < 1.29 is 9.59 Å². The lowest BCUT2D eigenvalue weighted by molar-refractivity contribution is -0.134. The fourth-order valence-electron chi connectivity index (χ4n) is 3.86. The van der Waals surface area contributed by atoms with Crippen molar-refractivity contribution in [1.29, 1.82) is 0 Å². The van der Waals surface area contributed by atoms with Gasteiger partial charge in [0.1, 0.15) is 0 Å². The molecule has 0 aromatic heterocycles. The molecule has 0 aliphatic carbocycles. The fraction of sp³-hybridized carbons (Fsp3) is 0.600. The Bertz CT molecular complexity index is 602. The molecule has 2 amide bonds. The SMILES string of the molecule is CC(C)C(=O)N1CCCN(C2CCN(Cc3ccccc3)C2=O)CC1. The maximum absolute atomic E-state index is 12.8. The maximum atomic E-state index is 12.8. The number of hydrogen-bond donors (Lipinski definition) is 0. The molecule has 0 radical (unpaired) electrons. The van der Waals surface area contributed by atoms with Gasteiger partial charge in [-0.15, -0.1) is 0 Å². The lowest BCUT2D eigenvalue weighted by atomic mass is 10.2. The summed E-state index contributed by atoms with van der Waals surface area (Å²) < 4.78 is 0. The first-order chi connectivity index (χ1) is 12.1. The predicted octanol–water partition coefficient (Wildman–Crippen LogP) is 1.98. The number of nitrogens with zero attached hydrogens (tertiary/aromatic N) is 3. The Hall–Kier alpha value is -1.88. The van der Waals surface area contributed by atoms with Gasteiger partial charge < -0.3 is 9.80 Å². The summed E-state index contributed by atoms with van der Waals surface area (Å²) in [5.74, 6) is 0.513. The summed E-state index contributed by atoms with van der Waals surface area (Å²) >= 11 is 0. The van der Waals surface area contributed by atoms with E-state index in [0.717, 1.165) is 45.6 Å². The van der Waals surface area contributed by atoms with Gasteiger partial charge in [-0.25, -0.2) is 0 Å². The van der Waals surface area contributed by atoms with Crippen molar-refractivity contribution >= 4 is 11.8 Å². The van der Waals surface area contributed by atoms with E-state index in [9.17, 15) is 9.59 Å². The van der Waals surface area contributed by atoms with Crippen LogP contribution < -0.4 is 0 Å². The lowest BCUT2D eigenvalue weighted by Crippen LogP contribution is -2.44. The number of likely N-dealkylation sites (tertiary alicyclic amines) is 1. The number of carbonyl (C=O) groups excluding carboxylic acids is 2. The quantitative estimate of drug-likeness (QED) is 0.840. The second-order valence-electron chi connectivity index (χ2n) is 7.42. The minimum atomic E-state index is -0.0159. The largest absolute Gasteiger partial charge is 0.341 e. The topological polar surface area (TPSA) is 43.9 Å². The van der Waals surface area contributed by atoms with Crippen LogP contribution in [0.5, 0.6) is 0 Å². The Balaban J connectivity index is 1.57. The first-order valence-corrected chi connectivity index (χ1v) is 9.42. The van der Waals surface area contributed by atoms with Crippen molar-refractivity contribution in [2.24, 2.45) is 5.92 Å². The van der Waals surface area contributed by atoms with Gasteiger partial charge in [-0.3, -0.25) is 14.5 Å². The number of carbonyl (C=O) groups is 2. The normalized spacial score (nSPS) is 22.5. The molecule has 1 unspecified atom stereocenters. The van der Waals surface area contributed by atoms with E-state index in [0.29, 0.717) is 6.54 Å². The van der Waals surface area contributed by atoms with Crippen molar-refractivity contribution in [2.75, 3.05) is 32.7 Å². The average molecular weight is 343 g/mol. The summed E-state index contributed by atoms with van der Waals surface area (Å²) in [6.45, 7) is 8.67. The van der Waals surface area contributed by atoms with Gasteiger partial charge in [0.2, 0.25) is 11.8 Å². The molecular formula is C20H29N3O2. The monoisotopic (exact) mass is 343 g/mol. The van der Waals surface area contributed by atoms with E-state index in [-0.39, 0.29) is 23.8 Å². The molecule has 2 aliphatic heterocycles. The third-order valence-electron chi connectivity index (χ3n) is 5.26. The van der Waals surface area contributed by atoms with Crippen molar-refractivity contribution in [3.8, 4) is 0 Å². The molecule has 2 aliphatic rings. The molecule has 1 aromatic rings. The van der Waals surface area contributed by atoms with Gasteiger partial charge in [-0.1, -0.05) is 44.2 Å². The minimum absolute atomic E-state index is 0.0159. The molecule has 3 rings (SSSR count). The molecule has 2 fully saturated rings. The molecule has 0 saturated carbocycles. The highest BCUT2D eigenvalue weighted by molar-refractivity contribution is 5.84. The smallest absolute Gasteiger partial charge is 0.240 e. The van der Waals surface area contributed by atoms with Crippen LogP contribution in [-0.2, 0) is 16.1 Å². The molecular weight excluding hydrogens is 314 g/mol. The first kappa shape index (κ1) is 17.9. The molecule has 0 N–H and O–H groups in total. The number of amides is 2. The lowest BCUT2D eigenvalue weighted by Gasteiger charge is -2.27.